The van der Waals surface area contributed by atoms with Gasteiger partial charge < -0.3 is 19.5 Å². The summed E-state index contributed by atoms with van der Waals surface area (Å²) < 4.78 is 16.0. The van der Waals surface area contributed by atoms with E-state index in [1.165, 1.54) is 12.8 Å². The molecule has 0 aliphatic heterocycles. The zero-order valence-electron chi connectivity index (χ0n) is 12.2. The maximum Gasteiger partial charge on any atom is 0.164 e. The smallest absolute Gasteiger partial charge is 0.164 e. The van der Waals surface area contributed by atoms with Gasteiger partial charge in [-0.05, 0) is 31.7 Å². The van der Waals surface area contributed by atoms with Crippen molar-refractivity contribution < 1.29 is 14.2 Å². The zero-order valence-corrected chi connectivity index (χ0v) is 12.2. The Morgan fingerprint density at radius 2 is 1.63 bits per heavy atom. The van der Waals surface area contributed by atoms with Crippen LogP contribution in [0.15, 0.2) is 12.1 Å². The molecular formula is C15H23NO3. The largest absolute Gasteiger partial charge is 0.496 e. The minimum atomic E-state index is 0.554. The fraction of sp³-hybridized carbons (Fsp3) is 0.600. The average molecular weight is 265 g/mol. The molecule has 1 saturated carbocycles. The van der Waals surface area contributed by atoms with E-state index in [2.05, 4.69) is 12.2 Å². The fourth-order valence-corrected chi connectivity index (χ4v) is 2.26. The predicted octanol–water partition coefficient (Wildman–Crippen LogP) is 2.60. The van der Waals surface area contributed by atoms with E-state index in [0.717, 1.165) is 29.5 Å². The van der Waals surface area contributed by atoms with Crippen molar-refractivity contribution in [2.75, 3.05) is 21.3 Å². The summed E-state index contributed by atoms with van der Waals surface area (Å²) in [6.07, 6.45) is 2.69. The molecule has 4 nitrogen and oxygen atoms in total. The van der Waals surface area contributed by atoms with Crippen molar-refractivity contribution in [2.45, 2.75) is 32.4 Å². The lowest BCUT2D eigenvalue weighted by Gasteiger charge is -2.17. The molecule has 1 unspecified atom stereocenters. The second kappa shape index (κ2) is 6.15. The molecule has 106 valence electrons. The lowest BCUT2D eigenvalue weighted by Crippen LogP contribution is -2.27. The average Bonchev–Trinajstić information content (AvgIpc) is 3.28. The van der Waals surface area contributed by atoms with Crippen LogP contribution in [0.2, 0.25) is 0 Å². The predicted molar refractivity (Wildman–Crippen MR) is 75.1 cm³/mol. The summed E-state index contributed by atoms with van der Waals surface area (Å²) in [7, 11) is 4.95. The Morgan fingerprint density at radius 3 is 2.16 bits per heavy atom. The van der Waals surface area contributed by atoms with Gasteiger partial charge in [0.05, 0.1) is 21.3 Å². The fourth-order valence-electron chi connectivity index (χ4n) is 2.26. The van der Waals surface area contributed by atoms with Crippen molar-refractivity contribution in [3.8, 4) is 17.2 Å². The molecule has 1 N–H and O–H groups in total. The van der Waals surface area contributed by atoms with Crippen molar-refractivity contribution in [3.05, 3.63) is 17.7 Å². The monoisotopic (exact) mass is 265 g/mol. The molecule has 1 aromatic rings. The summed E-state index contributed by atoms with van der Waals surface area (Å²) in [6.45, 7) is 3.02. The maximum absolute atomic E-state index is 5.42. The molecule has 0 spiro atoms. The minimum Gasteiger partial charge on any atom is -0.496 e. The number of hydrogen-bond acceptors (Lipinski definition) is 4. The molecule has 2 rings (SSSR count). The van der Waals surface area contributed by atoms with Crippen LogP contribution in [0.1, 0.15) is 25.3 Å². The highest BCUT2D eigenvalue weighted by Crippen LogP contribution is 2.35. The lowest BCUT2D eigenvalue weighted by atomic mass is 10.1. The third kappa shape index (κ3) is 3.32. The van der Waals surface area contributed by atoms with Crippen LogP contribution < -0.4 is 19.5 Å². The molecule has 0 aromatic heterocycles. The highest BCUT2D eigenvalue weighted by atomic mass is 16.5. The quantitative estimate of drug-likeness (QED) is 0.822. The number of rotatable bonds is 7. The van der Waals surface area contributed by atoms with Gasteiger partial charge in [0.25, 0.3) is 0 Å². The molecular weight excluding hydrogens is 242 g/mol. The first-order valence-corrected chi connectivity index (χ1v) is 6.71. The molecule has 1 aromatic carbocycles. The zero-order chi connectivity index (χ0) is 13.8. The molecule has 1 aliphatic carbocycles. The number of methoxy groups -OCH3 is 3. The van der Waals surface area contributed by atoms with Crippen LogP contribution in [-0.4, -0.2) is 27.4 Å². The first kappa shape index (κ1) is 14.0. The van der Waals surface area contributed by atoms with Crippen LogP contribution >= 0.6 is 0 Å². The van der Waals surface area contributed by atoms with Gasteiger partial charge >= 0.3 is 0 Å². The van der Waals surface area contributed by atoms with E-state index in [0.29, 0.717) is 11.8 Å². The molecule has 0 amide bonds. The van der Waals surface area contributed by atoms with Gasteiger partial charge in [-0.2, -0.15) is 0 Å². The van der Waals surface area contributed by atoms with Crippen LogP contribution in [-0.2, 0) is 6.54 Å². The Morgan fingerprint density at radius 1 is 1.05 bits per heavy atom. The van der Waals surface area contributed by atoms with Crippen LogP contribution in [0.5, 0.6) is 17.2 Å². The van der Waals surface area contributed by atoms with E-state index in [1.807, 2.05) is 12.1 Å². The van der Waals surface area contributed by atoms with Crippen molar-refractivity contribution in [1.82, 2.24) is 5.32 Å². The second-order valence-electron chi connectivity index (χ2n) is 5.03. The summed E-state index contributed by atoms with van der Waals surface area (Å²) in [5, 5.41) is 3.55. The third-order valence-corrected chi connectivity index (χ3v) is 3.73. The molecule has 1 atom stereocenters. The number of nitrogens with one attached hydrogen (secondary N) is 1. The lowest BCUT2D eigenvalue weighted by molar-refractivity contribution is 0.346. The summed E-state index contributed by atoms with van der Waals surface area (Å²) in [6, 6.07) is 4.40. The van der Waals surface area contributed by atoms with Crippen LogP contribution in [0, 0.1) is 5.92 Å². The van der Waals surface area contributed by atoms with Gasteiger partial charge in [-0.25, -0.2) is 0 Å². The Labute approximate surface area is 115 Å². The molecule has 1 aliphatic rings. The first-order valence-electron chi connectivity index (χ1n) is 6.71. The Hall–Kier alpha value is -1.42. The van der Waals surface area contributed by atoms with E-state index >= 15 is 0 Å². The van der Waals surface area contributed by atoms with Gasteiger partial charge in [-0.15, -0.1) is 0 Å². The number of ether oxygens (including phenoxy) is 3. The van der Waals surface area contributed by atoms with Crippen molar-refractivity contribution in [3.63, 3.8) is 0 Å². The summed E-state index contributed by atoms with van der Waals surface area (Å²) in [4.78, 5) is 0. The van der Waals surface area contributed by atoms with Crippen LogP contribution in [0.3, 0.4) is 0 Å². The van der Waals surface area contributed by atoms with Crippen molar-refractivity contribution >= 4 is 0 Å². The van der Waals surface area contributed by atoms with E-state index in [9.17, 15) is 0 Å². The van der Waals surface area contributed by atoms with E-state index in [4.69, 9.17) is 14.2 Å². The molecule has 19 heavy (non-hydrogen) atoms. The normalized spacial score (nSPS) is 16.0. The maximum atomic E-state index is 5.42. The standard InChI is InChI=1S/C15H23NO3/c1-10(11-5-6-11)16-9-12-7-14(18-3)15(19-4)8-13(12)17-2/h7-8,10-11,16H,5-6,9H2,1-4H3. The molecule has 0 bridgehead atoms. The third-order valence-electron chi connectivity index (χ3n) is 3.73. The minimum absolute atomic E-state index is 0.554. The second-order valence-corrected chi connectivity index (χ2v) is 5.03. The topological polar surface area (TPSA) is 39.7 Å². The molecule has 4 heteroatoms. The summed E-state index contributed by atoms with van der Waals surface area (Å²) >= 11 is 0. The number of benzene rings is 1. The van der Waals surface area contributed by atoms with Gasteiger partial charge in [-0.1, -0.05) is 0 Å². The number of hydrogen-bond donors (Lipinski definition) is 1. The Bertz CT molecular complexity index is 430. The molecule has 0 saturated heterocycles. The molecule has 1 fully saturated rings. The summed E-state index contributed by atoms with van der Waals surface area (Å²) in [5.41, 5.74) is 1.09. The highest BCUT2D eigenvalue weighted by Gasteiger charge is 2.27. The first-order chi connectivity index (χ1) is 9.19. The SMILES string of the molecule is COc1cc(OC)c(OC)cc1CNC(C)C1CC1. The Balaban J connectivity index is 2.12. The van der Waals surface area contributed by atoms with E-state index < -0.39 is 0 Å². The highest BCUT2D eigenvalue weighted by molar-refractivity contribution is 5.50. The van der Waals surface area contributed by atoms with Gasteiger partial charge in [0.2, 0.25) is 0 Å². The van der Waals surface area contributed by atoms with Crippen molar-refractivity contribution in [2.24, 2.45) is 5.92 Å². The molecule has 0 heterocycles. The van der Waals surface area contributed by atoms with E-state index in [-0.39, 0.29) is 0 Å². The van der Waals surface area contributed by atoms with Gasteiger partial charge in [-0.3, -0.25) is 0 Å². The van der Waals surface area contributed by atoms with Crippen molar-refractivity contribution in [1.29, 1.82) is 0 Å². The van der Waals surface area contributed by atoms with Crippen LogP contribution in [0.4, 0.5) is 0 Å². The van der Waals surface area contributed by atoms with E-state index in [1.54, 1.807) is 21.3 Å². The van der Waals surface area contributed by atoms with Gasteiger partial charge in [0.1, 0.15) is 5.75 Å². The Kier molecular flexibility index (Phi) is 4.53. The summed E-state index contributed by atoms with van der Waals surface area (Å²) in [5.74, 6) is 3.09. The molecule has 0 radical (unpaired) electrons. The van der Waals surface area contributed by atoms with Gasteiger partial charge in [0.15, 0.2) is 11.5 Å². The van der Waals surface area contributed by atoms with Gasteiger partial charge in [0, 0.05) is 24.2 Å². The van der Waals surface area contributed by atoms with Crippen LogP contribution in [0.25, 0.3) is 0 Å².